The van der Waals surface area contributed by atoms with Gasteiger partial charge in [-0.1, -0.05) is 18.2 Å². The fraction of sp³-hybridized carbons (Fsp3) is 0.214. The molecule has 1 heterocycles. The molecule has 0 saturated heterocycles. The van der Waals surface area contributed by atoms with Gasteiger partial charge in [-0.15, -0.1) is 0 Å². The van der Waals surface area contributed by atoms with E-state index in [4.69, 9.17) is 4.74 Å². The van der Waals surface area contributed by atoms with Crippen LogP contribution in [0, 0.1) is 12.7 Å². The molecule has 0 aliphatic rings. The highest BCUT2D eigenvalue weighted by molar-refractivity contribution is 5.35. The number of anilines is 1. The molecule has 3 nitrogen and oxygen atoms in total. The van der Waals surface area contributed by atoms with Gasteiger partial charge in [-0.2, -0.15) is 0 Å². The first-order valence-corrected chi connectivity index (χ1v) is 5.71. The van der Waals surface area contributed by atoms with Gasteiger partial charge in [0.2, 0.25) is 0 Å². The quantitative estimate of drug-likeness (QED) is 0.899. The second kappa shape index (κ2) is 5.49. The van der Waals surface area contributed by atoms with Crippen LogP contribution in [0.1, 0.15) is 11.1 Å². The maximum absolute atomic E-state index is 13.7. The van der Waals surface area contributed by atoms with E-state index >= 15 is 0 Å². The van der Waals surface area contributed by atoms with Crippen LogP contribution in [-0.4, -0.2) is 12.0 Å². The average Bonchev–Trinajstić information content (AvgIpc) is 2.41. The van der Waals surface area contributed by atoms with Crippen molar-refractivity contribution in [1.82, 2.24) is 4.98 Å². The maximum atomic E-state index is 13.7. The number of hydrogen-bond acceptors (Lipinski definition) is 3. The van der Waals surface area contributed by atoms with Crippen LogP contribution in [0.3, 0.4) is 0 Å². The Kier molecular flexibility index (Phi) is 3.77. The van der Waals surface area contributed by atoms with Gasteiger partial charge in [0, 0.05) is 18.8 Å². The van der Waals surface area contributed by atoms with Gasteiger partial charge < -0.3 is 10.1 Å². The van der Waals surface area contributed by atoms with E-state index in [1.165, 1.54) is 0 Å². The molecule has 1 aromatic carbocycles. The summed E-state index contributed by atoms with van der Waals surface area (Å²) in [7, 11) is 1.81. The van der Waals surface area contributed by atoms with Crippen LogP contribution >= 0.6 is 0 Å². The van der Waals surface area contributed by atoms with Crippen molar-refractivity contribution in [2.45, 2.75) is 13.5 Å². The topological polar surface area (TPSA) is 34.1 Å². The SMILES string of the molecule is CNc1ccc(COc2cccc(C)c2F)cn1. The number of hydrogen-bond donors (Lipinski definition) is 1. The zero-order chi connectivity index (χ0) is 13.0. The lowest BCUT2D eigenvalue weighted by Crippen LogP contribution is -2.00. The number of halogens is 1. The van der Waals surface area contributed by atoms with Gasteiger partial charge in [-0.25, -0.2) is 9.37 Å². The van der Waals surface area contributed by atoms with Crippen LogP contribution < -0.4 is 10.1 Å². The molecule has 0 spiro atoms. The monoisotopic (exact) mass is 246 g/mol. The Morgan fingerprint density at radius 2 is 2.11 bits per heavy atom. The van der Waals surface area contributed by atoms with Crippen molar-refractivity contribution in [3.63, 3.8) is 0 Å². The molecule has 0 aliphatic carbocycles. The predicted molar refractivity (Wildman–Crippen MR) is 69.3 cm³/mol. The van der Waals surface area contributed by atoms with Crippen LogP contribution in [-0.2, 0) is 6.61 Å². The number of pyridine rings is 1. The standard InChI is InChI=1S/C14H15FN2O/c1-10-4-3-5-12(14(10)15)18-9-11-6-7-13(16-2)17-8-11/h3-8H,9H2,1-2H3,(H,16,17). The van der Waals surface area contributed by atoms with Crippen molar-refractivity contribution in [2.24, 2.45) is 0 Å². The number of nitrogens with one attached hydrogen (secondary N) is 1. The summed E-state index contributed by atoms with van der Waals surface area (Å²) in [5.74, 6) is 0.755. The molecule has 0 radical (unpaired) electrons. The number of aryl methyl sites for hydroxylation is 1. The van der Waals surface area contributed by atoms with Crippen LogP contribution in [0.2, 0.25) is 0 Å². The second-order valence-electron chi connectivity index (χ2n) is 3.98. The lowest BCUT2D eigenvalue weighted by molar-refractivity contribution is 0.289. The van der Waals surface area contributed by atoms with E-state index < -0.39 is 0 Å². The molecule has 0 bridgehead atoms. The molecule has 0 fully saturated rings. The highest BCUT2D eigenvalue weighted by Gasteiger charge is 2.05. The van der Waals surface area contributed by atoms with Gasteiger partial charge in [0.15, 0.2) is 11.6 Å². The van der Waals surface area contributed by atoms with E-state index in [9.17, 15) is 4.39 Å². The first-order chi connectivity index (χ1) is 8.70. The van der Waals surface area contributed by atoms with E-state index in [0.29, 0.717) is 12.2 Å². The molecule has 4 heteroatoms. The first kappa shape index (κ1) is 12.4. The predicted octanol–water partition coefficient (Wildman–Crippen LogP) is 3.15. The van der Waals surface area contributed by atoms with Crippen LogP contribution in [0.4, 0.5) is 10.2 Å². The zero-order valence-corrected chi connectivity index (χ0v) is 10.4. The minimum absolute atomic E-state index is 0.271. The third-order valence-corrected chi connectivity index (χ3v) is 2.63. The summed E-state index contributed by atoms with van der Waals surface area (Å²) in [5.41, 5.74) is 1.48. The molecule has 0 atom stereocenters. The Balaban J connectivity index is 2.04. The van der Waals surface area contributed by atoms with E-state index in [2.05, 4.69) is 10.3 Å². The zero-order valence-electron chi connectivity index (χ0n) is 10.4. The minimum atomic E-state index is -0.308. The van der Waals surface area contributed by atoms with E-state index in [0.717, 1.165) is 11.4 Å². The normalized spacial score (nSPS) is 10.2. The molecule has 0 unspecified atom stereocenters. The molecule has 18 heavy (non-hydrogen) atoms. The van der Waals surface area contributed by atoms with Crippen molar-refractivity contribution in [3.8, 4) is 5.75 Å². The van der Waals surface area contributed by atoms with Crippen LogP contribution in [0.15, 0.2) is 36.5 Å². The molecule has 94 valence electrons. The Hall–Kier alpha value is -2.10. The summed E-state index contributed by atoms with van der Waals surface area (Å²) in [4.78, 5) is 4.16. The number of nitrogens with zero attached hydrogens (tertiary/aromatic N) is 1. The van der Waals surface area contributed by atoms with Gasteiger partial charge in [0.05, 0.1) is 0 Å². The Morgan fingerprint density at radius 3 is 2.78 bits per heavy atom. The maximum Gasteiger partial charge on any atom is 0.167 e. The van der Waals surface area contributed by atoms with Gasteiger partial charge in [0.25, 0.3) is 0 Å². The smallest absolute Gasteiger partial charge is 0.167 e. The minimum Gasteiger partial charge on any atom is -0.486 e. The first-order valence-electron chi connectivity index (χ1n) is 5.71. The summed E-state index contributed by atoms with van der Waals surface area (Å²) in [6.45, 7) is 2.02. The van der Waals surface area contributed by atoms with Gasteiger partial charge in [-0.3, -0.25) is 0 Å². The summed E-state index contributed by atoms with van der Waals surface area (Å²) >= 11 is 0. The van der Waals surface area contributed by atoms with Crippen molar-refractivity contribution in [2.75, 3.05) is 12.4 Å². The van der Waals surface area contributed by atoms with Gasteiger partial charge in [0.1, 0.15) is 12.4 Å². The molecule has 1 aromatic heterocycles. The summed E-state index contributed by atoms with van der Waals surface area (Å²) in [6.07, 6.45) is 1.71. The third-order valence-electron chi connectivity index (χ3n) is 2.63. The Labute approximate surface area is 106 Å². The highest BCUT2D eigenvalue weighted by atomic mass is 19.1. The van der Waals surface area contributed by atoms with Gasteiger partial charge >= 0.3 is 0 Å². The molecule has 1 N–H and O–H groups in total. The third kappa shape index (κ3) is 2.77. The summed E-state index contributed by atoms with van der Waals surface area (Å²) in [5, 5.41) is 2.93. The van der Waals surface area contributed by atoms with Crippen molar-refractivity contribution >= 4 is 5.82 Å². The van der Waals surface area contributed by atoms with Crippen molar-refractivity contribution < 1.29 is 9.13 Å². The molecular weight excluding hydrogens is 231 g/mol. The van der Waals surface area contributed by atoms with Crippen molar-refractivity contribution in [3.05, 3.63) is 53.5 Å². The molecule has 0 saturated carbocycles. The fourth-order valence-electron chi connectivity index (χ4n) is 1.55. The Bertz CT molecular complexity index is 526. The van der Waals surface area contributed by atoms with E-state index in [1.54, 1.807) is 38.4 Å². The fourth-order valence-corrected chi connectivity index (χ4v) is 1.55. The largest absolute Gasteiger partial charge is 0.486 e. The molecule has 0 aliphatic heterocycles. The number of ether oxygens (including phenoxy) is 1. The van der Waals surface area contributed by atoms with Crippen LogP contribution in [0.25, 0.3) is 0 Å². The molecule has 2 rings (SSSR count). The highest BCUT2D eigenvalue weighted by Crippen LogP contribution is 2.20. The number of aromatic nitrogens is 1. The molecular formula is C14H15FN2O. The average molecular weight is 246 g/mol. The summed E-state index contributed by atoms with van der Waals surface area (Å²) < 4.78 is 19.1. The lowest BCUT2D eigenvalue weighted by Gasteiger charge is -2.08. The second-order valence-corrected chi connectivity index (χ2v) is 3.98. The lowest BCUT2D eigenvalue weighted by atomic mass is 10.2. The van der Waals surface area contributed by atoms with Gasteiger partial charge in [-0.05, 0) is 24.6 Å². The number of rotatable bonds is 4. The molecule has 0 amide bonds. The number of benzene rings is 1. The summed E-state index contributed by atoms with van der Waals surface area (Å²) in [6, 6.07) is 8.86. The molecule has 2 aromatic rings. The van der Waals surface area contributed by atoms with E-state index in [1.807, 2.05) is 12.1 Å². The van der Waals surface area contributed by atoms with Crippen molar-refractivity contribution in [1.29, 1.82) is 0 Å². The van der Waals surface area contributed by atoms with E-state index in [-0.39, 0.29) is 11.6 Å². The van der Waals surface area contributed by atoms with Crippen LogP contribution in [0.5, 0.6) is 5.75 Å². The Morgan fingerprint density at radius 1 is 1.28 bits per heavy atom.